The predicted octanol–water partition coefficient (Wildman–Crippen LogP) is 7.26. The number of rotatable bonds is 18. The maximum atomic E-state index is 12.1. The fourth-order valence-corrected chi connectivity index (χ4v) is 24.5. The number of carbonyl (C=O) groups excluding carboxylic acids is 1. The van der Waals surface area contributed by atoms with E-state index in [0.717, 1.165) is 54.4 Å². The molecule has 0 radical (unpaired) electrons. The molecule has 31 heavy (non-hydrogen) atoms. The molecular weight excluding hydrogens is 457 g/mol. The first-order valence-electron chi connectivity index (χ1n) is 12.5. The van der Waals surface area contributed by atoms with Gasteiger partial charge in [-0.05, 0) is 54.4 Å². The van der Waals surface area contributed by atoms with Gasteiger partial charge in [0.2, 0.25) is 0 Å². The van der Waals surface area contributed by atoms with Crippen LogP contribution < -0.4 is 0 Å². The molecule has 0 saturated carbocycles. The van der Waals surface area contributed by atoms with Gasteiger partial charge < -0.3 is 17.1 Å². The van der Waals surface area contributed by atoms with Gasteiger partial charge in [0, 0.05) is 6.08 Å². The average Bonchev–Trinajstić information content (AvgIpc) is 2.83. The van der Waals surface area contributed by atoms with Crippen LogP contribution >= 0.6 is 0 Å². The zero-order chi connectivity index (χ0) is 24.2. The van der Waals surface area contributed by atoms with Gasteiger partial charge in [0.1, 0.15) is 0 Å². The van der Waals surface area contributed by atoms with Gasteiger partial charge in [0.05, 0.1) is 0 Å². The molecule has 0 aromatic carbocycles. The molecule has 0 bridgehead atoms. The molecule has 0 heterocycles. The predicted molar refractivity (Wildman–Crippen MR) is 142 cm³/mol. The Balaban J connectivity index is 6.68. The molecule has 0 aromatic heterocycles. The zero-order valence-corrected chi connectivity index (χ0v) is 25.9. The Labute approximate surface area is 197 Å². The van der Waals surface area contributed by atoms with Crippen molar-refractivity contribution in [2.45, 2.75) is 117 Å². The SMILES string of the molecule is C=CC(=O)OC[Si](O[Si](CC)(CC)CC)(O[Si](CC)(CC)CC)O[Si](CC)(CC)CC. The summed E-state index contributed by atoms with van der Waals surface area (Å²) in [6, 6.07) is 9.08. The molecule has 0 aliphatic rings. The molecule has 0 aliphatic carbocycles. The summed E-state index contributed by atoms with van der Waals surface area (Å²) >= 11 is 0. The lowest BCUT2D eigenvalue weighted by Crippen LogP contribution is -2.66. The Morgan fingerprint density at radius 2 is 0.871 bits per heavy atom. The van der Waals surface area contributed by atoms with E-state index in [2.05, 4.69) is 68.9 Å². The first kappa shape index (κ1) is 31.0. The maximum absolute atomic E-state index is 12.1. The molecule has 5 nitrogen and oxygen atoms in total. The van der Waals surface area contributed by atoms with Crippen molar-refractivity contribution in [3.05, 3.63) is 12.7 Å². The van der Waals surface area contributed by atoms with Crippen LogP contribution in [0.3, 0.4) is 0 Å². The summed E-state index contributed by atoms with van der Waals surface area (Å²) < 4.78 is 27.2. The third kappa shape index (κ3) is 8.35. The van der Waals surface area contributed by atoms with Crippen molar-refractivity contribution in [1.29, 1.82) is 0 Å². The van der Waals surface area contributed by atoms with Crippen LogP contribution in [0, 0.1) is 0 Å². The summed E-state index contributed by atoms with van der Waals surface area (Å²) in [7, 11) is -9.49. The van der Waals surface area contributed by atoms with Gasteiger partial charge in [-0.1, -0.05) is 68.9 Å². The lowest BCUT2D eigenvalue weighted by Gasteiger charge is -2.47. The zero-order valence-electron chi connectivity index (χ0n) is 21.9. The van der Waals surface area contributed by atoms with E-state index in [9.17, 15) is 4.79 Å². The molecule has 9 heteroatoms. The molecule has 0 spiro atoms. The summed E-state index contributed by atoms with van der Waals surface area (Å²) in [5.74, 6) is -0.432. The summed E-state index contributed by atoms with van der Waals surface area (Å²) in [4.78, 5) is 12.1. The molecule has 0 aromatic rings. The first-order valence-corrected chi connectivity index (χ1v) is 22.0. The maximum Gasteiger partial charge on any atom is 0.509 e. The Morgan fingerprint density at radius 3 is 1.06 bits per heavy atom. The molecule has 0 aliphatic heterocycles. The number of hydrogen-bond donors (Lipinski definition) is 0. The van der Waals surface area contributed by atoms with Crippen LogP contribution in [0.25, 0.3) is 0 Å². The first-order chi connectivity index (χ1) is 14.6. The Morgan fingerprint density at radius 1 is 0.613 bits per heavy atom. The highest BCUT2D eigenvalue weighted by Crippen LogP contribution is 2.36. The number of esters is 1. The third-order valence-corrected chi connectivity index (χ3v) is 28.5. The second-order valence-electron chi connectivity index (χ2n) is 8.53. The van der Waals surface area contributed by atoms with E-state index < -0.39 is 39.7 Å². The molecule has 0 amide bonds. The van der Waals surface area contributed by atoms with Gasteiger partial charge in [-0.3, -0.25) is 0 Å². The minimum Gasteiger partial charge on any atom is -0.458 e. The fraction of sp³-hybridized carbons (Fsp3) is 0.864. The number of ether oxygens (including phenoxy) is 1. The highest BCUT2D eigenvalue weighted by molar-refractivity contribution is 6.92. The topological polar surface area (TPSA) is 54.0 Å². The lowest BCUT2D eigenvalue weighted by atomic mass is 10.7. The van der Waals surface area contributed by atoms with Crippen molar-refractivity contribution in [2.24, 2.45) is 0 Å². The summed E-state index contributed by atoms with van der Waals surface area (Å²) in [5.41, 5.74) is 0. The fourth-order valence-electron chi connectivity index (χ4n) is 4.26. The van der Waals surface area contributed by atoms with Crippen LogP contribution in [0.4, 0.5) is 0 Å². The molecule has 0 rings (SSSR count). The monoisotopic (exact) mass is 506 g/mol. The third-order valence-electron chi connectivity index (χ3n) is 7.47. The van der Waals surface area contributed by atoms with Crippen LogP contribution in [-0.4, -0.2) is 46.0 Å². The van der Waals surface area contributed by atoms with E-state index in [4.69, 9.17) is 17.1 Å². The largest absolute Gasteiger partial charge is 0.509 e. The van der Waals surface area contributed by atoms with Crippen molar-refractivity contribution >= 4 is 39.7 Å². The molecule has 0 unspecified atom stereocenters. The number of carbonyl (C=O) groups is 1. The Bertz CT molecular complexity index is 452. The quantitative estimate of drug-likeness (QED) is 0.111. The normalized spacial score (nSPS) is 13.3. The summed E-state index contributed by atoms with van der Waals surface area (Å²) in [6.07, 6.45) is 1.33. The highest BCUT2D eigenvalue weighted by atomic mass is 28.5. The molecule has 184 valence electrons. The van der Waals surface area contributed by atoms with Gasteiger partial charge >= 0.3 is 14.8 Å². The molecule has 0 N–H and O–H groups in total. The van der Waals surface area contributed by atoms with Gasteiger partial charge in [0.25, 0.3) is 0 Å². The molecule has 0 atom stereocenters. The minimum atomic E-state index is -3.28. The van der Waals surface area contributed by atoms with Crippen LogP contribution in [0.5, 0.6) is 0 Å². The minimum absolute atomic E-state index is 0.107. The van der Waals surface area contributed by atoms with Crippen molar-refractivity contribution < 1.29 is 21.9 Å². The van der Waals surface area contributed by atoms with Crippen molar-refractivity contribution in [1.82, 2.24) is 0 Å². The van der Waals surface area contributed by atoms with Crippen LogP contribution in [0.1, 0.15) is 62.3 Å². The molecular formula is C22H50O5Si4. The average molecular weight is 507 g/mol. The highest BCUT2D eigenvalue weighted by Gasteiger charge is 2.56. The summed E-state index contributed by atoms with van der Waals surface area (Å²) in [6.45, 7) is 23.6. The second-order valence-corrected chi connectivity index (χ2v) is 26.1. The molecule has 0 fully saturated rings. The van der Waals surface area contributed by atoms with Gasteiger partial charge in [-0.25, -0.2) is 4.79 Å². The van der Waals surface area contributed by atoms with Crippen LogP contribution in [-0.2, 0) is 21.9 Å². The van der Waals surface area contributed by atoms with E-state index in [1.807, 2.05) is 0 Å². The van der Waals surface area contributed by atoms with Gasteiger partial charge in [0.15, 0.2) is 31.2 Å². The smallest absolute Gasteiger partial charge is 0.458 e. The standard InChI is InChI=1S/C22H50O5Si4/c1-11-22(23)24-21-31(25-28(12-2,13-3)14-4,26-29(15-5,16-6)17-7)27-30(18-8,19-9)20-10/h11H,1,12-21H2,2-10H3. The van der Waals surface area contributed by atoms with E-state index >= 15 is 0 Å². The summed E-state index contributed by atoms with van der Waals surface area (Å²) in [5, 5.41) is 0. The molecule has 0 saturated heterocycles. The van der Waals surface area contributed by atoms with E-state index in [0.29, 0.717) is 0 Å². The van der Waals surface area contributed by atoms with E-state index in [1.54, 1.807) is 0 Å². The van der Waals surface area contributed by atoms with Crippen molar-refractivity contribution in [2.75, 3.05) is 6.23 Å². The lowest BCUT2D eigenvalue weighted by molar-refractivity contribution is -0.137. The van der Waals surface area contributed by atoms with E-state index in [-0.39, 0.29) is 6.23 Å². The van der Waals surface area contributed by atoms with Gasteiger partial charge in [-0.2, -0.15) is 0 Å². The Hall–Kier alpha value is -0.0425. The van der Waals surface area contributed by atoms with Crippen molar-refractivity contribution in [3.8, 4) is 0 Å². The van der Waals surface area contributed by atoms with E-state index in [1.165, 1.54) is 6.08 Å². The number of hydrogen-bond acceptors (Lipinski definition) is 5. The Kier molecular flexibility index (Phi) is 14.2. The van der Waals surface area contributed by atoms with Crippen molar-refractivity contribution in [3.63, 3.8) is 0 Å². The van der Waals surface area contributed by atoms with Crippen LogP contribution in [0.15, 0.2) is 12.7 Å². The second kappa shape index (κ2) is 14.3. The van der Waals surface area contributed by atoms with Gasteiger partial charge in [-0.15, -0.1) is 0 Å². The van der Waals surface area contributed by atoms with Crippen LogP contribution in [0.2, 0.25) is 54.4 Å².